The maximum atomic E-state index is 11.8. The van der Waals surface area contributed by atoms with Crippen molar-refractivity contribution in [3.05, 3.63) is 54.7 Å². The van der Waals surface area contributed by atoms with Gasteiger partial charge in [-0.15, -0.1) is 10.2 Å². The quantitative estimate of drug-likeness (QED) is 0.568. The number of hydrogen-bond acceptors (Lipinski definition) is 7. The standard InChI is InChI=1S/C18H20N6O2/c25-15(19-12-13-22-18-20-10-5-11-21-18)8-4-9-16-23-24-17(26-16)14-6-2-1-3-7-14/h1-3,5-7,10-11H,4,8-9,12-13H2,(H,19,25)(H,20,21,22). The van der Waals surface area contributed by atoms with E-state index in [1.807, 2.05) is 30.3 Å². The van der Waals surface area contributed by atoms with Crippen LogP contribution in [0.1, 0.15) is 18.7 Å². The fourth-order valence-electron chi connectivity index (χ4n) is 2.31. The first kappa shape index (κ1) is 17.5. The van der Waals surface area contributed by atoms with Gasteiger partial charge in [-0.2, -0.15) is 0 Å². The molecule has 0 atom stereocenters. The summed E-state index contributed by atoms with van der Waals surface area (Å²) in [7, 11) is 0. The first-order valence-electron chi connectivity index (χ1n) is 8.46. The molecule has 0 fully saturated rings. The lowest BCUT2D eigenvalue weighted by atomic mass is 10.2. The number of nitrogens with zero attached hydrogens (tertiary/aromatic N) is 4. The van der Waals surface area contributed by atoms with E-state index in [4.69, 9.17) is 4.42 Å². The van der Waals surface area contributed by atoms with Gasteiger partial charge < -0.3 is 15.1 Å². The van der Waals surface area contributed by atoms with Gasteiger partial charge in [-0.3, -0.25) is 4.79 Å². The van der Waals surface area contributed by atoms with Crippen LogP contribution in [0.4, 0.5) is 5.95 Å². The number of aromatic nitrogens is 4. The van der Waals surface area contributed by atoms with Crippen molar-refractivity contribution in [1.82, 2.24) is 25.5 Å². The third kappa shape index (κ3) is 5.37. The monoisotopic (exact) mass is 352 g/mol. The summed E-state index contributed by atoms with van der Waals surface area (Å²) in [6.45, 7) is 1.08. The topological polar surface area (TPSA) is 106 Å². The van der Waals surface area contributed by atoms with E-state index in [0.717, 1.165) is 5.56 Å². The van der Waals surface area contributed by atoms with E-state index >= 15 is 0 Å². The van der Waals surface area contributed by atoms with E-state index < -0.39 is 0 Å². The van der Waals surface area contributed by atoms with Crippen LogP contribution >= 0.6 is 0 Å². The van der Waals surface area contributed by atoms with Crippen LogP contribution < -0.4 is 10.6 Å². The number of amides is 1. The number of benzene rings is 1. The molecular formula is C18H20N6O2. The second kappa shape index (κ2) is 9.26. The lowest BCUT2D eigenvalue weighted by Crippen LogP contribution is -2.28. The zero-order valence-electron chi connectivity index (χ0n) is 14.3. The molecule has 0 aliphatic carbocycles. The predicted octanol–water partition coefficient (Wildman–Crippen LogP) is 2.08. The molecule has 2 aromatic heterocycles. The first-order chi connectivity index (χ1) is 12.8. The third-order valence-corrected chi connectivity index (χ3v) is 3.58. The van der Waals surface area contributed by atoms with Crippen molar-refractivity contribution in [1.29, 1.82) is 0 Å². The fourth-order valence-corrected chi connectivity index (χ4v) is 2.31. The van der Waals surface area contributed by atoms with E-state index in [2.05, 4.69) is 30.8 Å². The Kier molecular flexibility index (Phi) is 6.24. The van der Waals surface area contributed by atoms with Crippen LogP contribution in [0.15, 0.2) is 53.2 Å². The fraction of sp³-hybridized carbons (Fsp3) is 0.278. The predicted molar refractivity (Wildman–Crippen MR) is 96.2 cm³/mol. The van der Waals surface area contributed by atoms with Crippen molar-refractivity contribution in [3.63, 3.8) is 0 Å². The number of carbonyl (C=O) groups is 1. The molecule has 0 spiro atoms. The Bertz CT molecular complexity index is 807. The molecule has 1 aromatic carbocycles. The SMILES string of the molecule is O=C(CCCc1nnc(-c2ccccc2)o1)NCCNc1ncccn1. The van der Waals surface area contributed by atoms with Crippen molar-refractivity contribution in [3.8, 4) is 11.5 Å². The molecule has 134 valence electrons. The van der Waals surface area contributed by atoms with Crippen LogP contribution in [0.25, 0.3) is 11.5 Å². The van der Waals surface area contributed by atoms with Crippen molar-refractivity contribution >= 4 is 11.9 Å². The highest BCUT2D eigenvalue weighted by molar-refractivity contribution is 5.75. The van der Waals surface area contributed by atoms with E-state index in [1.165, 1.54) is 0 Å². The zero-order chi connectivity index (χ0) is 18.0. The lowest BCUT2D eigenvalue weighted by molar-refractivity contribution is -0.121. The van der Waals surface area contributed by atoms with Gasteiger partial charge in [0.2, 0.25) is 23.6 Å². The van der Waals surface area contributed by atoms with E-state index in [1.54, 1.807) is 18.5 Å². The largest absolute Gasteiger partial charge is 0.421 e. The summed E-state index contributed by atoms with van der Waals surface area (Å²) in [5.74, 6) is 1.58. The van der Waals surface area contributed by atoms with Crippen LogP contribution in [0.2, 0.25) is 0 Å². The molecule has 26 heavy (non-hydrogen) atoms. The van der Waals surface area contributed by atoms with Gasteiger partial charge in [0.15, 0.2) is 0 Å². The number of anilines is 1. The third-order valence-electron chi connectivity index (χ3n) is 3.58. The maximum absolute atomic E-state index is 11.8. The molecule has 3 rings (SSSR count). The van der Waals surface area contributed by atoms with Crippen LogP contribution in [0, 0.1) is 0 Å². The minimum Gasteiger partial charge on any atom is -0.421 e. The molecule has 0 aliphatic rings. The van der Waals surface area contributed by atoms with Crippen molar-refractivity contribution < 1.29 is 9.21 Å². The average Bonchev–Trinajstić information content (AvgIpc) is 3.16. The highest BCUT2D eigenvalue weighted by Crippen LogP contribution is 2.17. The molecule has 8 nitrogen and oxygen atoms in total. The highest BCUT2D eigenvalue weighted by atomic mass is 16.4. The Morgan fingerprint density at radius 1 is 1.00 bits per heavy atom. The number of rotatable bonds is 9. The second-order valence-corrected chi connectivity index (χ2v) is 5.57. The van der Waals surface area contributed by atoms with Gasteiger partial charge in [0.25, 0.3) is 0 Å². The van der Waals surface area contributed by atoms with E-state index in [9.17, 15) is 4.79 Å². The smallest absolute Gasteiger partial charge is 0.247 e. The number of hydrogen-bond donors (Lipinski definition) is 2. The molecule has 0 unspecified atom stereocenters. The summed E-state index contributed by atoms with van der Waals surface area (Å²) in [4.78, 5) is 19.9. The minimum atomic E-state index is -0.0106. The summed E-state index contributed by atoms with van der Waals surface area (Å²) < 4.78 is 5.62. The molecule has 0 bridgehead atoms. The summed E-state index contributed by atoms with van der Waals surface area (Å²) in [5, 5.41) is 13.9. The lowest BCUT2D eigenvalue weighted by Gasteiger charge is -2.06. The van der Waals surface area contributed by atoms with Crippen molar-refractivity contribution in [2.45, 2.75) is 19.3 Å². The van der Waals surface area contributed by atoms with Gasteiger partial charge in [-0.05, 0) is 24.6 Å². The Morgan fingerprint density at radius 3 is 2.62 bits per heavy atom. The number of nitrogens with one attached hydrogen (secondary N) is 2. The van der Waals surface area contributed by atoms with Gasteiger partial charge >= 0.3 is 0 Å². The van der Waals surface area contributed by atoms with Gasteiger partial charge in [0.1, 0.15) is 0 Å². The van der Waals surface area contributed by atoms with Crippen molar-refractivity contribution in [2.75, 3.05) is 18.4 Å². The molecule has 8 heteroatoms. The minimum absolute atomic E-state index is 0.0106. The Labute approximate surface area is 151 Å². The first-order valence-corrected chi connectivity index (χ1v) is 8.46. The van der Waals surface area contributed by atoms with Crippen molar-refractivity contribution in [2.24, 2.45) is 0 Å². The molecule has 0 aliphatic heterocycles. The van der Waals surface area contributed by atoms with Crippen LogP contribution in [0.3, 0.4) is 0 Å². The average molecular weight is 352 g/mol. The molecular weight excluding hydrogens is 332 g/mol. The van der Waals surface area contributed by atoms with Crippen LogP contribution in [0.5, 0.6) is 0 Å². The molecule has 2 heterocycles. The van der Waals surface area contributed by atoms with Crippen LogP contribution in [-0.4, -0.2) is 39.2 Å². The number of aryl methyl sites for hydroxylation is 1. The van der Waals surface area contributed by atoms with Gasteiger partial charge in [-0.1, -0.05) is 18.2 Å². The van der Waals surface area contributed by atoms with Gasteiger partial charge in [0.05, 0.1) is 0 Å². The summed E-state index contributed by atoms with van der Waals surface area (Å²) in [6, 6.07) is 11.4. The Balaban J connectivity index is 1.32. The maximum Gasteiger partial charge on any atom is 0.247 e. The highest BCUT2D eigenvalue weighted by Gasteiger charge is 2.09. The normalized spacial score (nSPS) is 10.5. The Morgan fingerprint density at radius 2 is 1.81 bits per heavy atom. The molecule has 2 N–H and O–H groups in total. The Hall–Kier alpha value is -3.29. The van der Waals surface area contributed by atoms with E-state index in [0.29, 0.717) is 50.1 Å². The molecule has 0 saturated heterocycles. The van der Waals surface area contributed by atoms with Gasteiger partial charge in [-0.25, -0.2) is 9.97 Å². The second-order valence-electron chi connectivity index (χ2n) is 5.57. The number of carbonyl (C=O) groups excluding carboxylic acids is 1. The summed E-state index contributed by atoms with van der Waals surface area (Å²) >= 11 is 0. The summed E-state index contributed by atoms with van der Waals surface area (Å²) in [6.07, 6.45) is 4.95. The molecule has 3 aromatic rings. The molecule has 0 radical (unpaired) electrons. The summed E-state index contributed by atoms with van der Waals surface area (Å²) in [5.41, 5.74) is 0.888. The van der Waals surface area contributed by atoms with Crippen LogP contribution in [-0.2, 0) is 11.2 Å². The molecule has 0 saturated carbocycles. The van der Waals surface area contributed by atoms with E-state index in [-0.39, 0.29) is 5.91 Å². The van der Waals surface area contributed by atoms with Gasteiger partial charge in [0, 0.05) is 43.9 Å². The zero-order valence-corrected chi connectivity index (χ0v) is 14.3. The molecule has 1 amide bonds.